The number of hydrazone groups is 1. The van der Waals surface area contributed by atoms with E-state index in [9.17, 15) is 13.2 Å². The number of methoxy groups -OCH3 is 2. The molecule has 35 heavy (non-hydrogen) atoms. The van der Waals surface area contributed by atoms with Crippen LogP contribution < -0.4 is 19.2 Å². The molecule has 10 heteroatoms. The van der Waals surface area contributed by atoms with Gasteiger partial charge in [0.1, 0.15) is 0 Å². The van der Waals surface area contributed by atoms with Crippen LogP contribution in [0.3, 0.4) is 0 Å². The molecule has 1 amide bonds. The van der Waals surface area contributed by atoms with Crippen LogP contribution in [0, 0.1) is 0 Å². The SMILES string of the molecule is COc1ccc(C(C)=NNC(=O)c2ccc(CN(c3cccc(Cl)c3)S(C)(=O)=O)cc2)cc1OC. The van der Waals surface area contributed by atoms with Crippen LogP contribution in [0.1, 0.15) is 28.4 Å². The number of rotatable bonds is 9. The summed E-state index contributed by atoms with van der Waals surface area (Å²) in [4.78, 5) is 12.6. The highest BCUT2D eigenvalue weighted by Gasteiger charge is 2.18. The molecule has 0 aliphatic heterocycles. The first-order chi connectivity index (χ1) is 16.6. The van der Waals surface area contributed by atoms with E-state index in [0.29, 0.717) is 39.0 Å². The number of amides is 1. The Bertz CT molecular complexity index is 1340. The molecule has 0 saturated heterocycles. The van der Waals surface area contributed by atoms with E-state index in [1.54, 1.807) is 81.8 Å². The summed E-state index contributed by atoms with van der Waals surface area (Å²) in [7, 11) is -0.452. The van der Waals surface area contributed by atoms with Gasteiger partial charge in [-0.25, -0.2) is 13.8 Å². The number of nitrogens with one attached hydrogen (secondary N) is 1. The summed E-state index contributed by atoms with van der Waals surface area (Å²) in [6, 6.07) is 18.6. The lowest BCUT2D eigenvalue weighted by atomic mass is 10.1. The summed E-state index contributed by atoms with van der Waals surface area (Å²) in [6.07, 6.45) is 1.13. The minimum atomic E-state index is -3.55. The number of carbonyl (C=O) groups is 1. The maximum atomic E-state index is 12.6. The van der Waals surface area contributed by atoms with E-state index in [-0.39, 0.29) is 6.54 Å². The Morgan fingerprint density at radius 3 is 2.23 bits per heavy atom. The summed E-state index contributed by atoms with van der Waals surface area (Å²) in [5.41, 5.74) is 5.43. The van der Waals surface area contributed by atoms with Crippen LogP contribution in [0.4, 0.5) is 5.69 Å². The van der Waals surface area contributed by atoms with Crippen LogP contribution in [0.5, 0.6) is 11.5 Å². The number of nitrogens with zero attached hydrogens (tertiary/aromatic N) is 2. The fraction of sp³-hybridized carbons (Fsp3) is 0.200. The topological polar surface area (TPSA) is 97.3 Å². The number of benzene rings is 3. The molecule has 0 atom stereocenters. The van der Waals surface area contributed by atoms with Gasteiger partial charge in [0.05, 0.1) is 38.4 Å². The lowest BCUT2D eigenvalue weighted by Crippen LogP contribution is -2.29. The second kappa shape index (κ2) is 11.2. The van der Waals surface area contributed by atoms with Crippen molar-refractivity contribution >= 4 is 38.9 Å². The van der Waals surface area contributed by atoms with Crippen molar-refractivity contribution in [3.8, 4) is 11.5 Å². The van der Waals surface area contributed by atoms with Gasteiger partial charge >= 0.3 is 0 Å². The van der Waals surface area contributed by atoms with Gasteiger partial charge in [-0.2, -0.15) is 5.10 Å². The molecule has 8 nitrogen and oxygen atoms in total. The fourth-order valence-electron chi connectivity index (χ4n) is 3.28. The maximum Gasteiger partial charge on any atom is 0.271 e. The first-order valence-corrected chi connectivity index (χ1v) is 12.7. The van der Waals surface area contributed by atoms with E-state index >= 15 is 0 Å². The molecule has 0 aliphatic rings. The molecule has 3 rings (SSSR count). The molecule has 1 N–H and O–H groups in total. The molecule has 184 valence electrons. The Labute approximate surface area is 210 Å². The highest BCUT2D eigenvalue weighted by Crippen LogP contribution is 2.28. The molecule has 0 saturated carbocycles. The van der Waals surface area contributed by atoms with E-state index in [1.165, 1.54) is 4.31 Å². The van der Waals surface area contributed by atoms with Crippen LogP contribution in [0.25, 0.3) is 0 Å². The summed E-state index contributed by atoms with van der Waals surface area (Å²) < 4.78 is 36.5. The summed E-state index contributed by atoms with van der Waals surface area (Å²) in [5.74, 6) is 0.756. The van der Waals surface area contributed by atoms with Gasteiger partial charge in [-0.05, 0) is 61.0 Å². The van der Waals surface area contributed by atoms with Gasteiger partial charge in [0, 0.05) is 16.1 Å². The van der Waals surface area contributed by atoms with Gasteiger partial charge in [0.2, 0.25) is 10.0 Å². The number of carbonyl (C=O) groups excluding carboxylic acids is 1. The van der Waals surface area contributed by atoms with Crippen LogP contribution in [-0.2, 0) is 16.6 Å². The highest BCUT2D eigenvalue weighted by molar-refractivity contribution is 7.92. The molecule has 0 radical (unpaired) electrons. The van der Waals surface area contributed by atoms with Crippen LogP contribution >= 0.6 is 11.6 Å². The molecule has 3 aromatic carbocycles. The molecule has 3 aromatic rings. The number of hydrogen-bond acceptors (Lipinski definition) is 6. The highest BCUT2D eigenvalue weighted by atomic mass is 35.5. The van der Waals surface area contributed by atoms with E-state index in [1.807, 2.05) is 6.07 Å². The van der Waals surface area contributed by atoms with Gasteiger partial charge in [0.25, 0.3) is 5.91 Å². The van der Waals surface area contributed by atoms with Crippen LogP contribution in [0.15, 0.2) is 71.8 Å². The molecule has 0 heterocycles. The minimum absolute atomic E-state index is 0.0949. The first-order valence-electron chi connectivity index (χ1n) is 10.5. The van der Waals surface area contributed by atoms with Crippen molar-refractivity contribution < 1.29 is 22.7 Å². The summed E-state index contributed by atoms with van der Waals surface area (Å²) in [5, 5.41) is 4.61. The molecule has 0 aliphatic carbocycles. The molecule has 0 spiro atoms. The largest absolute Gasteiger partial charge is 0.493 e. The van der Waals surface area contributed by atoms with Crippen molar-refractivity contribution in [2.24, 2.45) is 5.10 Å². The lowest BCUT2D eigenvalue weighted by molar-refractivity contribution is 0.0955. The van der Waals surface area contributed by atoms with Gasteiger partial charge in [0.15, 0.2) is 11.5 Å². The number of sulfonamides is 1. The Kier molecular flexibility index (Phi) is 8.37. The maximum absolute atomic E-state index is 12.6. The lowest BCUT2D eigenvalue weighted by Gasteiger charge is -2.22. The second-order valence-corrected chi connectivity index (χ2v) is 10.00. The normalized spacial score (nSPS) is 11.6. The number of anilines is 1. The summed E-state index contributed by atoms with van der Waals surface area (Å²) >= 11 is 6.03. The van der Waals surface area contributed by atoms with Crippen molar-refractivity contribution in [3.63, 3.8) is 0 Å². The molecule has 0 unspecified atom stereocenters. The van der Waals surface area contributed by atoms with E-state index < -0.39 is 15.9 Å². The van der Waals surface area contributed by atoms with Crippen molar-refractivity contribution in [1.29, 1.82) is 0 Å². The van der Waals surface area contributed by atoms with Crippen molar-refractivity contribution in [3.05, 3.63) is 88.4 Å². The third-order valence-electron chi connectivity index (χ3n) is 5.17. The van der Waals surface area contributed by atoms with E-state index in [2.05, 4.69) is 10.5 Å². The van der Waals surface area contributed by atoms with Crippen molar-refractivity contribution in [2.75, 3.05) is 24.8 Å². The second-order valence-electron chi connectivity index (χ2n) is 7.65. The predicted molar refractivity (Wildman–Crippen MR) is 138 cm³/mol. The number of ether oxygens (including phenoxy) is 2. The van der Waals surface area contributed by atoms with Crippen LogP contribution in [-0.4, -0.2) is 40.5 Å². The van der Waals surface area contributed by atoms with Crippen molar-refractivity contribution in [2.45, 2.75) is 13.5 Å². The van der Waals surface area contributed by atoms with Gasteiger partial charge in [-0.1, -0.05) is 29.8 Å². The Balaban J connectivity index is 1.71. The quantitative estimate of drug-likeness (QED) is 0.335. The third kappa shape index (κ3) is 6.74. The van der Waals surface area contributed by atoms with Gasteiger partial charge < -0.3 is 9.47 Å². The average Bonchev–Trinajstić information content (AvgIpc) is 2.84. The Morgan fingerprint density at radius 2 is 1.63 bits per heavy atom. The standard InChI is InChI=1S/C25H26ClN3O5S/c1-17(20-12-13-23(33-2)24(14-20)34-3)27-28-25(30)19-10-8-18(9-11-19)16-29(35(4,31)32)22-7-5-6-21(26)15-22/h5-15H,16H2,1-4H3,(H,28,30). The van der Waals surface area contributed by atoms with Crippen molar-refractivity contribution in [1.82, 2.24) is 5.43 Å². The number of hydrogen-bond donors (Lipinski definition) is 1. The monoisotopic (exact) mass is 515 g/mol. The van der Waals surface area contributed by atoms with E-state index in [0.717, 1.165) is 11.8 Å². The predicted octanol–water partition coefficient (Wildman–Crippen LogP) is 4.48. The van der Waals surface area contributed by atoms with Crippen LogP contribution in [0.2, 0.25) is 5.02 Å². The Hall–Kier alpha value is -3.56. The first kappa shape index (κ1) is 26.1. The van der Waals surface area contributed by atoms with Gasteiger partial charge in [-0.15, -0.1) is 0 Å². The molecular weight excluding hydrogens is 490 g/mol. The molecule has 0 fully saturated rings. The smallest absolute Gasteiger partial charge is 0.271 e. The fourth-order valence-corrected chi connectivity index (χ4v) is 4.35. The molecule has 0 bridgehead atoms. The Morgan fingerprint density at radius 1 is 0.971 bits per heavy atom. The van der Waals surface area contributed by atoms with Gasteiger partial charge in [-0.3, -0.25) is 9.10 Å². The zero-order valence-electron chi connectivity index (χ0n) is 19.8. The van der Waals surface area contributed by atoms with E-state index in [4.69, 9.17) is 21.1 Å². The zero-order valence-corrected chi connectivity index (χ0v) is 21.4. The molecular formula is C25H26ClN3O5S. The minimum Gasteiger partial charge on any atom is -0.493 e. The molecule has 0 aromatic heterocycles. The zero-order chi connectivity index (χ0) is 25.6. The number of halogens is 1. The third-order valence-corrected chi connectivity index (χ3v) is 6.54. The summed E-state index contributed by atoms with van der Waals surface area (Å²) in [6.45, 7) is 1.86. The average molecular weight is 516 g/mol.